The summed E-state index contributed by atoms with van der Waals surface area (Å²) in [6.45, 7) is 7.32. The Bertz CT molecular complexity index is 1620. The first-order valence-electron chi connectivity index (χ1n) is 15.0. The maximum absolute atomic E-state index is 13.8. The molecule has 234 valence electrons. The number of aliphatic carboxylic acids is 1. The number of carboxylic acids is 1. The van der Waals surface area contributed by atoms with Crippen LogP contribution in [0.3, 0.4) is 0 Å². The number of hydrogen-bond donors (Lipinski definition) is 7. The van der Waals surface area contributed by atoms with Gasteiger partial charge in [0.2, 0.25) is 17.7 Å². The molecule has 4 aromatic rings. The number of fused-ring (bicyclic) bond motifs is 2. The van der Waals surface area contributed by atoms with Gasteiger partial charge < -0.3 is 36.8 Å². The summed E-state index contributed by atoms with van der Waals surface area (Å²) in [5.41, 5.74) is 9.41. The molecule has 2 aromatic carbocycles. The number of hydrogen-bond acceptors (Lipinski definition) is 5. The standard InChI is InChI=1S/C33H42N6O5/c1-5-19(4)29(32(42)38-27(33(43)44)15-21-17-36-25-13-9-7-11-23(21)25)39-30(40)26(37-31(41)28(34)18(2)3)14-20-16-35-24-12-8-6-10-22(20)24/h6-13,16-19,26-29,35-36H,5,14-15,34H2,1-4H3,(H,37,41)(H,38,42)(H,39,40)(H,43,44). The number of aromatic amines is 2. The molecule has 11 heteroatoms. The van der Waals surface area contributed by atoms with Crippen molar-refractivity contribution >= 4 is 45.5 Å². The lowest BCUT2D eigenvalue weighted by molar-refractivity contribution is -0.142. The number of amides is 3. The van der Waals surface area contributed by atoms with E-state index >= 15 is 0 Å². The number of para-hydroxylation sites is 2. The Kier molecular flexibility index (Phi) is 10.4. The predicted molar refractivity (Wildman–Crippen MR) is 170 cm³/mol. The lowest BCUT2D eigenvalue weighted by Gasteiger charge is -2.28. The molecule has 0 aliphatic carbocycles. The Hall–Kier alpha value is -4.64. The molecule has 11 nitrogen and oxygen atoms in total. The van der Waals surface area contributed by atoms with Crippen LogP contribution < -0.4 is 21.7 Å². The Labute approximate surface area is 256 Å². The van der Waals surface area contributed by atoms with Crippen molar-refractivity contribution in [3.8, 4) is 0 Å². The maximum atomic E-state index is 13.8. The normalized spacial score (nSPS) is 15.0. The highest BCUT2D eigenvalue weighted by Gasteiger charge is 2.33. The second-order valence-electron chi connectivity index (χ2n) is 11.7. The van der Waals surface area contributed by atoms with Crippen molar-refractivity contribution in [2.24, 2.45) is 17.6 Å². The predicted octanol–water partition coefficient (Wildman–Crippen LogP) is 3.00. The number of rotatable bonds is 14. The van der Waals surface area contributed by atoms with Gasteiger partial charge in [0.15, 0.2) is 0 Å². The average molecular weight is 603 g/mol. The van der Waals surface area contributed by atoms with Crippen molar-refractivity contribution in [2.75, 3.05) is 0 Å². The van der Waals surface area contributed by atoms with E-state index in [9.17, 15) is 24.3 Å². The zero-order valence-electron chi connectivity index (χ0n) is 25.5. The molecule has 44 heavy (non-hydrogen) atoms. The Morgan fingerprint density at radius 1 is 0.750 bits per heavy atom. The van der Waals surface area contributed by atoms with Gasteiger partial charge in [0.1, 0.15) is 18.1 Å². The number of H-pyrrole nitrogens is 2. The third kappa shape index (κ3) is 7.46. The van der Waals surface area contributed by atoms with Crippen molar-refractivity contribution in [1.29, 1.82) is 0 Å². The molecule has 8 N–H and O–H groups in total. The first kappa shape index (κ1) is 32.3. The Morgan fingerprint density at radius 2 is 1.25 bits per heavy atom. The molecule has 4 rings (SSSR count). The van der Waals surface area contributed by atoms with Gasteiger partial charge in [-0.1, -0.05) is 70.5 Å². The number of carboxylic acid groups (broad SMARTS) is 1. The van der Waals surface area contributed by atoms with Crippen molar-refractivity contribution in [1.82, 2.24) is 25.9 Å². The fraction of sp³-hybridized carbons (Fsp3) is 0.394. The van der Waals surface area contributed by atoms with Crippen LogP contribution in [0.2, 0.25) is 0 Å². The molecule has 0 aliphatic rings. The second kappa shape index (κ2) is 14.2. The highest BCUT2D eigenvalue weighted by Crippen LogP contribution is 2.21. The van der Waals surface area contributed by atoms with Crippen LogP contribution in [-0.4, -0.2) is 62.9 Å². The number of nitrogens with one attached hydrogen (secondary N) is 5. The number of benzene rings is 2. The van der Waals surface area contributed by atoms with E-state index in [1.165, 1.54) is 0 Å². The molecule has 2 aromatic heterocycles. The molecular weight excluding hydrogens is 560 g/mol. The smallest absolute Gasteiger partial charge is 0.326 e. The SMILES string of the molecule is CCC(C)C(NC(=O)C(Cc1c[nH]c2ccccc12)NC(=O)C(N)C(C)C)C(=O)NC(Cc1c[nH]c2ccccc12)C(=O)O. The zero-order valence-corrected chi connectivity index (χ0v) is 25.5. The van der Waals surface area contributed by atoms with Crippen molar-refractivity contribution in [2.45, 2.75) is 71.1 Å². The lowest BCUT2D eigenvalue weighted by Crippen LogP contribution is -2.59. The van der Waals surface area contributed by atoms with Crippen LogP contribution in [0.25, 0.3) is 21.8 Å². The number of aromatic nitrogens is 2. The van der Waals surface area contributed by atoms with Gasteiger partial charge in [0.05, 0.1) is 6.04 Å². The summed E-state index contributed by atoms with van der Waals surface area (Å²) in [7, 11) is 0. The molecule has 5 atom stereocenters. The van der Waals surface area contributed by atoms with Gasteiger partial charge in [-0.05, 0) is 35.1 Å². The average Bonchev–Trinajstić information content (AvgIpc) is 3.62. The van der Waals surface area contributed by atoms with Crippen molar-refractivity contribution in [3.63, 3.8) is 0 Å². The summed E-state index contributed by atoms with van der Waals surface area (Å²) in [5.74, 6) is -3.34. The molecular formula is C33H42N6O5. The largest absolute Gasteiger partial charge is 0.480 e. The molecule has 5 unspecified atom stereocenters. The summed E-state index contributed by atoms with van der Waals surface area (Å²) in [6.07, 6.45) is 4.27. The first-order valence-corrected chi connectivity index (χ1v) is 15.0. The highest BCUT2D eigenvalue weighted by molar-refractivity contribution is 5.95. The third-order valence-corrected chi connectivity index (χ3v) is 8.26. The maximum Gasteiger partial charge on any atom is 0.326 e. The molecule has 0 spiro atoms. The summed E-state index contributed by atoms with van der Waals surface area (Å²) >= 11 is 0. The van der Waals surface area contributed by atoms with E-state index in [0.29, 0.717) is 6.42 Å². The molecule has 0 aliphatic heterocycles. The molecule has 0 bridgehead atoms. The Morgan fingerprint density at radius 3 is 1.75 bits per heavy atom. The van der Waals surface area contributed by atoms with Crippen LogP contribution in [0.1, 0.15) is 45.2 Å². The van der Waals surface area contributed by atoms with E-state index in [1.807, 2.05) is 76.2 Å². The number of nitrogens with two attached hydrogens (primary N) is 1. The van der Waals surface area contributed by atoms with Crippen LogP contribution in [-0.2, 0) is 32.0 Å². The zero-order chi connectivity index (χ0) is 32.0. The molecule has 0 radical (unpaired) electrons. The van der Waals surface area contributed by atoms with Gasteiger partial charge in [0.25, 0.3) is 0 Å². The number of carbonyl (C=O) groups excluding carboxylic acids is 3. The van der Waals surface area contributed by atoms with Gasteiger partial charge >= 0.3 is 5.97 Å². The van der Waals surface area contributed by atoms with Gasteiger partial charge in [-0.15, -0.1) is 0 Å². The quantitative estimate of drug-likeness (QED) is 0.116. The van der Waals surface area contributed by atoms with Crippen LogP contribution in [0, 0.1) is 11.8 Å². The lowest BCUT2D eigenvalue weighted by atomic mass is 9.96. The van der Waals surface area contributed by atoms with E-state index < -0.39 is 47.9 Å². The van der Waals surface area contributed by atoms with Crippen molar-refractivity contribution in [3.05, 3.63) is 72.1 Å². The number of carbonyl (C=O) groups is 4. The second-order valence-corrected chi connectivity index (χ2v) is 11.7. The molecule has 2 heterocycles. The minimum Gasteiger partial charge on any atom is -0.480 e. The molecule has 0 saturated heterocycles. The Balaban J connectivity index is 1.55. The minimum absolute atomic E-state index is 0.0542. The topological polar surface area (TPSA) is 182 Å². The van der Waals surface area contributed by atoms with Gasteiger partial charge in [-0.25, -0.2) is 4.79 Å². The molecule has 3 amide bonds. The van der Waals surface area contributed by atoms with E-state index in [-0.39, 0.29) is 24.7 Å². The monoisotopic (exact) mass is 602 g/mol. The molecule has 0 saturated carbocycles. The molecule has 0 fully saturated rings. The summed E-state index contributed by atoms with van der Waals surface area (Å²) < 4.78 is 0. The minimum atomic E-state index is -1.23. The van der Waals surface area contributed by atoms with Crippen molar-refractivity contribution < 1.29 is 24.3 Å². The van der Waals surface area contributed by atoms with E-state index in [2.05, 4.69) is 25.9 Å². The van der Waals surface area contributed by atoms with Crippen LogP contribution in [0.15, 0.2) is 60.9 Å². The van der Waals surface area contributed by atoms with E-state index in [0.717, 1.165) is 32.9 Å². The fourth-order valence-corrected chi connectivity index (χ4v) is 5.24. The first-order chi connectivity index (χ1) is 21.0. The summed E-state index contributed by atoms with van der Waals surface area (Å²) in [4.78, 5) is 59.0. The van der Waals surface area contributed by atoms with Crippen LogP contribution >= 0.6 is 0 Å². The van der Waals surface area contributed by atoms with Crippen LogP contribution in [0.4, 0.5) is 0 Å². The van der Waals surface area contributed by atoms with Gasteiger partial charge in [-0.2, -0.15) is 0 Å². The fourth-order valence-electron chi connectivity index (χ4n) is 5.24. The van der Waals surface area contributed by atoms with Gasteiger partial charge in [0, 0.05) is 47.0 Å². The highest BCUT2D eigenvalue weighted by atomic mass is 16.4. The van der Waals surface area contributed by atoms with Crippen LogP contribution in [0.5, 0.6) is 0 Å². The van der Waals surface area contributed by atoms with Gasteiger partial charge in [-0.3, -0.25) is 14.4 Å². The van der Waals surface area contributed by atoms with E-state index in [1.54, 1.807) is 12.4 Å². The summed E-state index contributed by atoms with van der Waals surface area (Å²) in [5, 5.41) is 20.0. The third-order valence-electron chi connectivity index (χ3n) is 8.26. The van der Waals surface area contributed by atoms with E-state index in [4.69, 9.17) is 5.73 Å². The summed E-state index contributed by atoms with van der Waals surface area (Å²) in [6, 6.07) is 11.0.